The molecule has 2 rings (SSSR count). The van der Waals surface area contributed by atoms with Crippen LogP contribution in [0.2, 0.25) is 0 Å². The van der Waals surface area contributed by atoms with Gasteiger partial charge in [-0.2, -0.15) is 0 Å². The summed E-state index contributed by atoms with van der Waals surface area (Å²) in [5.41, 5.74) is 1.87. The Kier molecular flexibility index (Phi) is 7.21. The maximum Gasteiger partial charge on any atom is 0.307 e. The molecule has 1 fully saturated rings. The smallest absolute Gasteiger partial charge is 0.307 e. The van der Waals surface area contributed by atoms with Gasteiger partial charge in [-0.1, -0.05) is 32.9 Å². The summed E-state index contributed by atoms with van der Waals surface area (Å²) < 4.78 is 10.7. The Bertz CT molecular complexity index is 597. The topological polar surface area (TPSA) is 55.8 Å². The van der Waals surface area contributed by atoms with E-state index >= 15 is 0 Å². The highest BCUT2D eigenvalue weighted by atomic mass is 16.5. The molecule has 1 saturated heterocycles. The van der Waals surface area contributed by atoms with E-state index in [1.807, 2.05) is 24.3 Å². The molecule has 1 aliphatic heterocycles. The molecule has 1 unspecified atom stereocenters. The van der Waals surface area contributed by atoms with Crippen LogP contribution in [0, 0.1) is 0 Å². The van der Waals surface area contributed by atoms with Crippen molar-refractivity contribution in [1.82, 2.24) is 4.90 Å². The summed E-state index contributed by atoms with van der Waals surface area (Å²) in [6, 6.07) is 7.75. The zero-order valence-corrected chi connectivity index (χ0v) is 16.4. The Labute approximate surface area is 156 Å². The molecular weight excluding hydrogens is 330 g/mol. The molecule has 0 aliphatic carbocycles. The Morgan fingerprint density at radius 2 is 1.92 bits per heavy atom. The first kappa shape index (κ1) is 20.4. The van der Waals surface area contributed by atoms with E-state index in [4.69, 9.17) is 9.47 Å². The van der Waals surface area contributed by atoms with E-state index in [1.165, 1.54) is 5.56 Å². The second-order valence-corrected chi connectivity index (χ2v) is 7.77. The number of hydrogen-bond acceptors (Lipinski definition) is 4. The first-order valence-electron chi connectivity index (χ1n) is 9.48. The van der Waals surface area contributed by atoms with Crippen molar-refractivity contribution in [1.29, 1.82) is 0 Å². The van der Waals surface area contributed by atoms with E-state index in [1.54, 1.807) is 11.8 Å². The van der Waals surface area contributed by atoms with Crippen LogP contribution < -0.4 is 0 Å². The lowest BCUT2D eigenvalue weighted by atomic mass is 9.86. The molecule has 1 heterocycles. The normalized spacial score (nSPS) is 17.2. The number of nitrogens with zero attached hydrogens (tertiary/aromatic N) is 1. The van der Waals surface area contributed by atoms with E-state index in [-0.39, 0.29) is 29.8 Å². The van der Waals surface area contributed by atoms with Gasteiger partial charge in [0.15, 0.2) is 0 Å². The number of amides is 1. The van der Waals surface area contributed by atoms with Crippen molar-refractivity contribution >= 4 is 11.9 Å². The standard InChI is InChI=1S/C21H31NO4/c1-5-25-19(23)12-13-22(15-18-7-6-14-26-18)20(24)16-8-10-17(11-9-16)21(2,3)4/h8-11,18H,5-7,12-15H2,1-4H3. The van der Waals surface area contributed by atoms with Crippen LogP contribution in [0.3, 0.4) is 0 Å². The summed E-state index contributed by atoms with van der Waals surface area (Å²) in [7, 11) is 0. The molecule has 1 aromatic rings. The Morgan fingerprint density at radius 1 is 1.23 bits per heavy atom. The largest absolute Gasteiger partial charge is 0.466 e. The van der Waals surface area contributed by atoms with E-state index < -0.39 is 0 Å². The Morgan fingerprint density at radius 3 is 2.46 bits per heavy atom. The molecule has 1 atom stereocenters. The zero-order chi connectivity index (χ0) is 19.2. The van der Waals surface area contributed by atoms with Crippen LogP contribution in [0.1, 0.15) is 62.9 Å². The van der Waals surface area contributed by atoms with Gasteiger partial charge in [-0.25, -0.2) is 0 Å². The third-order valence-electron chi connectivity index (χ3n) is 4.62. The van der Waals surface area contributed by atoms with Crippen molar-refractivity contribution in [3.63, 3.8) is 0 Å². The maximum absolute atomic E-state index is 13.0. The molecule has 26 heavy (non-hydrogen) atoms. The minimum Gasteiger partial charge on any atom is -0.466 e. The number of rotatable bonds is 7. The summed E-state index contributed by atoms with van der Waals surface area (Å²) in [5.74, 6) is -0.342. The number of carbonyl (C=O) groups is 2. The first-order valence-corrected chi connectivity index (χ1v) is 9.48. The van der Waals surface area contributed by atoms with Crippen LogP contribution in [0.25, 0.3) is 0 Å². The minimum atomic E-state index is -0.277. The van der Waals surface area contributed by atoms with Crippen LogP contribution in [0.4, 0.5) is 0 Å². The molecule has 0 bridgehead atoms. The summed E-state index contributed by atoms with van der Waals surface area (Å²) >= 11 is 0. The van der Waals surface area contributed by atoms with Crippen LogP contribution in [-0.4, -0.2) is 49.2 Å². The minimum absolute atomic E-state index is 0.0445. The second-order valence-electron chi connectivity index (χ2n) is 7.77. The van der Waals surface area contributed by atoms with Crippen LogP contribution in [0.15, 0.2) is 24.3 Å². The lowest BCUT2D eigenvalue weighted by Gasteiger charge is -2.26. The van der Waals surface area contributed by atoms with Gasteiger partial charge in [-0.05, 0) is 42.9 Å². The molecule has 5 nitrogen and oxygen atoms in total. The maximum atomic E-state index is 13.0. The molecule has 0 saturated carbocycles. The number of carbonyl (C=O) groups excluding carboxylic acids is 2. The highest BCUT2D eigenvalue weighted by Gasteiger charge is 2.24. The van der Waals surface area contributed by atoms with Gasteiger partial charge >= 0.3 is 5.97 Å². The van der Waals surface area contributed by atoms with Gasteiger partial charge in [0, 0.05) is 25.3 Å². The van der Waals surface area contributed by atoms with Crippen molar-refractivity contribution in [2.45, 2.75) is 58.5 Å². The van der Waals surface area contributed by atoms with Crippen LogP contribution in [0.5, 0.6) is 0 Å². The number of benzene rings is 1. The number of ether oxygens (including phenoxy) is 2. The third-order valence-corrected chi connectivity index (χ3v) is 4.62. The summed E-state index contributed by atoms with van der Waals surface area (Å²) in [4.78, 5) is 26.4. The van der Waals surface area contributed by atoms with Gasteiger partial charge in [0.1, 0.15) is 0 Å². The number of esters is 1. The highest BCUT2D eigenvalue weighted by Crippen LogP contribution is 2.23. The lowest BCUT2D eigenvalue weighted by molar-refractivity contribution is -0.143. The average molecular weight is 361 g/mol. The predicted molar refractivity (Wildman–Crippen MR) is 101 cm³/mol. The predicted octanol–water partition coefficient (Wildman–Crippen LogP) is 3.56. The van der Waals surface area contributed by atoms with Crippen molar-refractivity contribution in [3.8, 4) is 0 Å². The van der Waals surface area contributed by atoms with E-state index in [0.29, 0.717) is 25.3 Å². The van der Waals surface area contributed by atoms with Crippen molar-refractivity contribution in [2.75, 3.05) is 26.3 Å². The van der Waals surface area contributed by atoms with Gasteiger partial charge in [-0.3, -0.25) is 9.59 Å². The Hall–Kier alpha value is -1.88. The van der Waals surface area contributed by atoms with Gasteiger partial charge in [-0.15, -0.1) is 0 Å². The summed E-state index contributed by atoms with van der Waals surface area (Å²) in [6.07, 6.45) is 2.22. The van der Waals surface area contributed by atoms with Gasteiger partial charge < -0.3 is 14.4 Å². The SMILES string of the molecule is CCOC(=O)CCN(CC1CCCO1)C(=O)c1ccc(C(C)(C)C)cc1. The van der Waals surface area contributed by atoms with Crippen LogP contribution in [-0.2, 0) is 19.7 Å². The molecule has 1 aliphatic rings. The molecule has 0 N–H and O–H groups in total. The Balaban J connectivity index is 2.08. The van der Waals surface area contributed by atoms with E-state index in [9.17, 15) is 9.59 Å². The van der Waals surface area contributed by atoms with Crippen molar-refractivity contribution in [3.05, 3.63) is 35.4 Å². The summed E-state index contributed by atoms with van der Waals surface area (Å²) in [6.45, 7) is 10.2. The quantitative estimate of drug-likeness (QED) is 0.697. The van der Waals surface area contributed by atoms with Gasteiger partial charge in [0.25, 0.3) is 5.91 Å². The molecule has 0 aromatic heterocycles. The monoisotopic (exact) mass is 361 g/mol. The fourth-order valence-electron chi connectivity index (χ4n) is 3.06. The van der Waals surface area contributed by atoms with Gasteiger partial charge in [0.05, 0.1) is 19.1 Å². The summed E-state index contributed by atoms with van der Waals surface area (Å²) in [5, 5.41) is 0. The van der Waals surface area contributed by atoms with E-state index in [2.05, 4.69) is 20.8 Å². The molecule has 0 spiro atoms. The molecule has 0 radical (unpaired) electrons. The van der Waals surface area contributed by atoms with Crippen LogP contribution >= 0.6 is 0 Å². The second kappa shape index (κ2) is 9.17. The number of hydrogen-bond donors (Lipinski definition) is 0. The average Bonchev–Trinajstić information content (AvgIpc) is 3.10. The first-order chi connectivity index (χ1) is 12.3. The fraction of sp³-hybridized carbons (Fsp3) is 0.619. The molecule has 5 heteroatoms. The third kappa shape index (κ3) is 5.84. The van der Waals surface area contributed by atoms with Crippen molar-refractivity contribution in [2.24, 2.45) is 0 Å². The van der Waals surface area contributed by atoms with Crippen molar-refractivity contribution < 1.29 is 19.1 Å². The molecule has 1 amide bonds. The lowest BCUT2D eigenvalue weighted by Crippen LogP contribution is -2.39. The van der Waals surface area contributed by atoms with E-state index in [0.717, 1.165) is 19.4 Å². The molecule has 144 valence electrons. The zero-order valence-electron chi connectivity index (χ0n) is 16.4. The molecular formula is C21H31NO4. The molecule has 1 aromatic carbocycles. The fourth-order valence-corrected chi connectivity index (χ4v) is 3.06. The van der Waals surface area contributed by atoms with Gasteiger partial charge in [0.2, 0.25) is 0 Å². The highest BCUT2D eigenvalue weighted by molar-refractivity contribution is 5.94.